The minimum Gasteiger partial charge on any atom is -0.444 e. The average molecular weight is 521 g/mol. The second kappa shape index (κ2) is 11.1. The fraction of sp³-hybridized carbons (Fsp3) is 0.893. The molecule has 3 aliphatic heterocycles. The van der Waals surface area contributed by atoms with Crippen molar-refractivity contribution < 1.29 is 23.9 Å². The maximum Gasteiger partial charge on any atom is 0.411 e. The molecule has 0 aromatic rings. The van der Waals surface area contributed by atoms with Gasteiger partial charge in [0.15, 0.2) is 0 Å². The Bertz CT molecular complexity index is 832. The van der Waals surface area contributed by atoms with Crippen LogP contribution in [0.5, 0.6) is 0 Å². The zero-order valence-electron chi connectivity index (χ0n) is 23.8. The smallest absolute Gasteiger partial charge is 0.411 e. The minimum atomic E-state index is -0.668. The van der Waals surface area contributed by atoms with E-state index in [2.05, 4.69) is 25.8 Å². The van der Waals surface area contributed by atoms with Crippen molar-refractivity contribution in [1.29, 1.82) is 0 Å². The lowest BCUT2D eigenvalue weighted by Crippen LogP contribution is -2.54. The number of carbonyl (C=O) groups is 3. The Hall–Kier alpha value is -1.87. The van der Waals surface area contributed by atoms with Crippen LogP contribution in [0.1, 0.15) is 79.6 Å². The first-order valence-corrected chi connectivity index (χ1v) is 14.3. The minimum absolute atomic E-state index is 0.0315. The van der Waals surface area contributed by atoms with Gasteiger partial charge < -0.3 is 24.2 Å². The second-order valence-corrected chi connectivity index (χ2v) is 13.3. The van der Waals surface area contributed by atoms with Gasteiger partial charge in [-0.3, -0.25) is 14.5 Å². The highest BCUT2D eigenvalue weighted by molar-refractivity contribution is 5.87. The summed E-state index contributed by atoms with van der Waals surface area (Å²) in [4.78, 5) is 48.7. The van der Waals surface area contributed by atoms with Crippen LogP contribution in [0, 0.1) is 5.41 Å². The Balaban J connectivity index is 1.59. The molecular formula is C28H48N4O5. The van der Waals surface area contributed by atoms with Crippen LogP contribution >= 0.6 is 0 Å². The highest BCUT2D eigenvalue weighted by Crippen LogP contribution is 2.39. The molecule has 0 unspecified atom stereocenters. The Morgan fingerprint density at radius 1 is 0.973 bits per heavy atom. The maximum atomic E-state index is 13.9. The third kappa shape index (κ3) is 6.77. The molecule has 0 radical (unpaired) electrons. The van der Waals surface area contributed by atoms with Crippen molar-refractivity contribution in [3.8, 4) is 0 Å². The van der Waals surface area contributed by atoms with Gasteiger partial charge >= 0.3 is 6.09 Å². The Kier molecular flexibility index (Phi) is 8.43. The summed E-state index contributed by atoms with van der Waals surface area (Å²) in [7, 11) is 2.06. The van der Waals surface area contributed by atoms with Crippen molar-refractivity contribution in [3.05, 3.63) is 0 Å². The summed E-state index contributed by atoms with van der Waals surface area (Å²) >= 11 is 0. The SMILES string of the molecule is CN1CCN(C(=O)[C@@H]2C[C@H](N(C(=O)[C@@H]3CCCO3)C3CCC(C)(C)CC3)CN2C(=O)OC(C)(C)C)CC1. The first-order chi connectivity index (χ1) is 17.3. The van der Waals surface area contributed by atoms with Gasteiger partial charge in [-0.25, -0.2) is 4.79 Å². The molecule has 0 N–H and O–H groups in total. The molecule has 4 rings (SSSR count). The summed E-state index contributed by atoms with van der Waals surface area (Å²) in [5.74, 6) is -0.000192. The number of rotatable bonds is 4. The van der Waals surface area contributed by atoms with Crippen molar-refractivity contribution in [3.63, 3.8) is 0 Å². The lowest BCUT2D eigenvalue weighted by molar-refractivity contribution is -0.147. The summed E-state index contributed by atoms with van der Waals surface area (Å²) in [6, 6.07) is -0.743. The maximum absolute atomic E-state index is 13.9. The molecule has 3 atom stereocenters. The van der Waals surface area contributed by atoms with Gasteiger partial charge in [0.25, 0.3) is 5.91 Å². The van der Waals surface area contributed by atoms with Gasteiger partial charge in [0.2, 0.25) is 5.91 Å². The molecule has 9 nitrogen and oxygen atoms in total. The van der Waals surface area contributed by atoms with Gasteiger partial charge in [0.1, 0.15) is 17.7 Å². The van der Waals surface area contributed by atoms with Crippen molar-refractivity contribution in [2.24, 2.45) is 5.41 Å². The zero-order chi connectivity index (χ0) is 27.0. The van der Waals surface area contributed by atoms with E-state index in [0.29, 0.717) is 32.7 Å². The number of nitrogens with zero attached hydrogens (tertiary/aromatic N) is 4. The van der Waals surface area contributed by atoms with Gasteiger partial charge in [-0.1, -0.05) is 13.8 Å². The number of ether oxygens (including phenoxy) is 2. The second-order valence-electron chi connectivity index (χ2n) is 13.3. The lowest BCUT2D eigenvalue weighted by atomic mass is 9.75. The number of amides is 3. The van der Waals surface area contributed by atoms with E-state index in [4.69, 9.17) is 9.47 Å². The molecule has 3 saturated heterocycles. The predicted octanol–water partition coefficient (Wildman–Crippen LogP) is 3.11. The lowest BCUT2D eigenvalue weighted by Gasteiger charge is -2.43. The quantitative estimate of drug-likeness (QED) is 0.567. The van der Waals surface area contributed by atoms with Gasteiger partial charge in [-0.2, -0.15) is 0 Å². The molecule has 0 spiro atoms. The molecule has 210 valence electrons. The van der Waals surface area contributed by atoms with Crippen LogP contribution in [-0.2, 0) is 19.1 Å². The molecule has 1 saturated carbocycles. The summed E-state index contributed by atoms with van der Waals surface area (Å²) in [6.45, 7) is 14.0. The Labute approximate surface area is 222 Å². The van der Waals surface area contributed by atoms with Gasteiger partial charge in [0.05, 0.1) is 6.04 Å². The monoisotopic (exact) mass is 520 g/mol. The molecule has 0 bridgehead atoms. The van der Waals surface area contributed by atoms with Crippen molar-refractivity contribution >= 4 is 17.9 Å². The third-order valence-corrected chi connectivity index (χ3v) is 8.56. The molecule has 4 fully saturated rings. The Morgan fingerprint density at radius 3 is 2.19 bits per heavy atom. The zero-order valence-corrected chi connectivity index (χ0v) is 23.8. The first kappa shape index (κ1) is 28.1. The first-order valence-electron chi connectivity index (χ1n) is 14.3. The molecule has 3 heterocycles. The van der Waals surface area contributed by atoms with Crippen LogP contribution in [-0.4, -0.2) is 114 Å². The Morgan fingerprint density at radius 2 is 1.62 bits per heavy atom. The van der Waals surface area contributed by atoms with Crippen molar-refractivity contribution in [2.75, 3.05) is 46.4 Å². The standard InChI is InChI=1S/C28H48N4O5/c1-27(2,3)37-26(35)31-19-21(18-22(31)24(33)30-15-13-29(6)14-16-30)32(25(34)23-8-7-17-36-23)20-9-11-28(4,5)12-10-20/h20-23H,7-19H2,1-6H3/t21-,22-,23-/m0/s1. The highest BCUT2D eigenvalue weighted by atomic mass is 16.6. The molecule has 1 aliphatic carbocycles. The average Bonchev–Trinajstić information content (AvgIpc) is 3.50. The summed E-state index contributed by atoms with van der Waals surface area (Å²) in [6.07, 6.45) is 5.16. The number of hydrogen-bond acceptors (Lipinski definition) is 6. The van der Waals surface area contributed by atoms with Crippen LogP contribution in [0.25, 0.3) is 0 Å². The molecule has 4 aliphatic rings. The number of likely N-dealkylation sites (tertiary alicyclic amines) is 1. The van der Waals surface area contributed by atoms with E-state index < -0.39 is 23.8 Å². The van der Waals surface area contributed by atoms with E-state index in [9.17, 15) is 14.4 Å². The number of piperazine rings is 1. The van der Waals surface area contributed by atoms with Crippen molar-refractivity contribution in [2.45, 2.75) is 109 Å². The molecule has 0 aromatic carbocycles. The van der Waals surface area contributed by atoms with E-state index in [1.54, 1.807) is 4.90 Å². The molecule has 37 heavy (non-hydrogen) atoms. The van der Waals surface area contributed by atoms with Crippen LogP contribution in [0.2, 0.25) is 0 Å². The molecule has 9 heteroatoms. The largest absolute Gasteiger partial charge is 0.444 e. The predicted molar refractivity (Wildman–Crippen MR) is 141 cm³/mol. The summed E-state index contributed by atoms with van der Waals surface area (Å²) in [5.41, 5.74) is -0.397. The molecule has 3 amide bonds. The van der Waals surface area contributed by atoms with E-state index in [-0.39, 0.29) is 29.3 Å². The topological polar surface area (TPSA) is 82.6 Å². The van der Waals surface area contributed by atoms with Crippen LogP contribution < -0.4 is 0 Å². The third-order valence-electron chi connectivity index (χ3n) is 8.56. The van der Waals surface area contributed by atoms with E-state index in [1.807, 2.05) is 30.6 Å². The van der Waals surface area contributed by atoms with Crippen LogP contribution in [0.4, 0.5) is 4.79 Å². The fourth-order valence-electron chi connectivity index (χ4n) is 6.27. The molecular weight excluding hydrogens is 472 g/mol. The van der Waals surface area contributed by atoms with Gasteiger partial charge in [0, 0.05) is 45.4 Å². The van der Waals surface area contributed by atoms with Gasteiger partial charge in [-0.15, -0.1) is 0 Å². The normalized spacial score (nSPS) is 29.4. The van der Waals surface area contributed by atoms with Gasteiger partial charge in [-0.05, 0) is 78.2 Å². The number of hydrogen-bond donors (Lipinski definition) is 0. The van der Waals surface area contributed by atoms with E-state index in [0.717, 1.165) is 51.6 Å². The van der Waals surface area contributed by atoms with Crippen LogP contribution in [0.15, 0.2) is 0 Å². The molecule has 0 aromatic heterocycles. The highest BCUT2D eigenvalue weighted by Gasteiger charge is 2.49. The van der Waals surface area contributed by atoms with E-state index >= 15 is 0 Å². The van der Waals surface area contributed by atoms with Crippen LogP contribution in [0.3, 0.4) is 0 Å². The fourth-order valence-corrected chi connectivity index (χ4v) is 6.27. The summed E-state index contributed by atoms with van der Waals surface area (Å²) < 4.78 is 11.6. The number of likely N-dealkylation sites (N-methyl/N-ethyl adjacent to an activating group) is 1. The summed E-state index contributed by atoms with van der Waals surface area (Å²) in [5, 5.41) is 0. The number of carbonyl (C=O) groups excluding carboxylic acids is 3. The van der Waals surface area contributed by atoms with E-state index in [1.165, 1.54) is 0 Å². The van der Waals surface area contributed by atoms with Crippen molar-refractivity contribution in [1.82, 2.24) is 19.6 Å².